The molecule has 1 aromatic rings. The zero-order valence-corrected chi connectivity index (χ0v) is 14.0. The molecule has 2 amide bonds. The maximum Gasteiger partial charge on any atom is 0.309 e. The lowest BCUT2D eigenvalue weighted by Crippen LogP contribution is -2.41. The van der Waals surface area contributed by atoms with Gasteiger partial charge in [-0.05, 0) is 23.8 Å². The van der Waals surface area contributed by atoms with Crippen molar-refractivity contribution < 1.29 is 9.59 Å². The van der Waals surface area contributed by atoms with E-state index in [1.165, 1.54) is 32.1 Å². The van der Waals surface area contributed by atoms with Gasteiger partial charge in [-0.2, -0.15) is 0 Å². The van der Waals surface area contributed by atoms with Gasteiger partial charge >= 0.3 is 11.8 Å². The van der Waals surface area contributed by atoms with Gasteiger partial charge in [0.25, 0.3) is 0 Å². The van der Waals surface area contributed by atoms with E-state index in [9.17, 15) is 9.59 Å². The van der Waals surface area contributed by atoms with Crippen LogP contribution in [0.1, 0.15) is 56.9 Å². The molecule has 1 atom stereocenters. The minimum atomic E-state index is -0.531. The van der Waals surface area contributed by atoms with Crippen molar-refractivity contribution in [3.05, 3.63) is 35.9 Å². The second-order valence-electron chi connectivity index (χ2n) is 6.57. The highest BCUT2D eigenvalue weighted by Crippen LogP contribution is 2.25. The third-order valence-electron chi connectivity index (χ3n) is 4.71. The van der Waals surface area contributed by atoms with Crippen LogP contribution in [0.25, 0.3) is 0 Å². The molecule has 0 bridgehead atoms. The smallest absolute Gasteiger partial charge is 0.309 e. The molecule has 1 fully saturated rings. The van der Waals surface area contributed by atoms with Crippen molar-refractivity contribution in [1.82, 2.24) is 10.6 Å². The zero-order chi connectivity index (χ0) is 16.5. The molecule has 0 unspecified atom stereocenters. The molecule has 1 aliphatic rings. The van der Waals surface area contributed by atoms with Crippen molar-refractivity contribution in [2.24, 2.45) is 5.92 Å². The third-order valence-corrected chi connectivity index (χ3v) is 4.71. The Morgan fingerprint density at radius 2 is 1.70 bits per heavy atom. The molecule has 0 spiro atoms. The molecule has 0 saturated heterocycles. The Kier molecular flexibility index (Phi) is 7.11. The van der Waals surface area contributed by atoms with E-state index in [0.29, 0.717) is 19.0 Å². The van der Waals surface area contributed by atoms with Crippen molar-refractivity contribution in [2.75, 3.05) is 13.1 Å². The number of benzene rings is 1. The molecular formula is C19H28N2O2. The fourth-order valence-corrected chi connectivity index (χ4v) is 3.17. The van der Waals surface area contributed by atoms with Gasteiger partial charge in [0.1, 0.15) is 0 Å². The molecule has 4 nitrogen and oxygen atoms in total. The predicted octanol–water partition coefficient (Wildman–Crippen LogP) is 2.99. The van der Waals surface area contributed by atoms with Crippen LogP contribution in [0.4, 0.5) is 0 Å². The predicted molar refractivity (Wildman–Crippen MR) is 92.1 cm³/mol. The van der Waals surface area contributed by atoms with Crippen LogP contribution in [0.3, 0.4) is 0 Å². The number of carbonyl (C=O) groups is 2. The van der Waals surface area contributed by atoms with Crippen LogP contribution < -0.4 is 10.6 Å². The Morgan fingerprint density at radius 3 is 2.39 bits per heavy atom. The minimum Gasteiger partial charge on any atom is -0.348 e. The van der Waals surface area contributed by atoms with Crippen molar-refractivity contribution >= 4 is 11.8 Å². The van der Waals surface area contributed by atoms with Gasteiger partial charge in [0.2, 0.25) is 0 Å². The number of rotatable bonds is 6. The van der Waals surface area contributed by atoms with Gasteiger partial charge in [0.05, 0.1) is 0 Å². The van der Waals surface area contributed by atoms with Crippen LogP contribution in [0, 0.1) is 5.92 Å². The Hall–Kier alpha value is -1.84. The van der Waals surface area contributed by atoms with Gasteiger partial charge in [0, 0.05) is 13.1 Å². The van der Waals surface area contributed by atoms with Crippen molar-refractivity contribution in [3.63, 3.8) is 0 Å². The molecule has 1 aromatic carbocycles. The first-order valence-electron chi connectivity index (χ1n) is 8.78. The van der Waals surface area contributed by atoms with Gasteiger partial charge in [-0.3, -0.25) is 9.59 Å². The van der Waals surface area contributed by atoms with Crippen LogP contribution in [0.2, 0.25) is 0 Å². The molecule has 0 heterocycles. The number of carbonyl (C=O) groups excluding carboxylic acids is 2. The van der Waals surface area contributed by atoms with E-state index in [-0.39, 0.29) is 5.92 Å². The summed E-state index contributed by atoms with van der Waals surface area (Å²) in [6, 6.07) is 9.98. The molecule has 1 saturated carbocycles. The fraction of sp³-hybridized carbons (Fsp3) is 0.579. The number of hydrogen-bond acceptors (Lipinski definition) is 2. The van der Waals surface area contributed by atoms with E-state index in [1.54, 1.807) is 0 Å². The highest BCUT2D eigenvalue weighted by atomic mass is 16.2. The second-order valence-corrected chi connectivity index (χ2v) is 6.57. The van der Waals surface area contributed by atoms with Gasteiger partial charge in [-0.25, -0.2) is 0 Å². The van der Waals surface area contributed by atoms with Crippen LogP contribution in [-0.4, -0.2) is 24.9 Å². The summed E-state index contributed by atoms with van der Waals surface area (Å²) in [4.78, 5) is 23.6. The number of hydrogen-bond donors (Lipinski definition) is 2. The summed E-state index contributed by atoms with van der Waals surface area (Å²) >= 11 is 0. The van der Waals surface area contributed by atoms with Crippen LogP contribution in [0.5, 0.6) is 0 Å². The van der Waals surface area contributed by atoms with Gasteiger partial charge < -0.3 is 10.6 Å². The largest absolute Gasteiger partial charge is 0.348 e. The summed E-state index contributed by atoms with van der Waals surface area (Å²) < 4.78 is 0. The topological polar surface area (TPSA) is 58.2 Å². The van der Waals surface area contributed by atoms with Crippen LogP contribution >= 0.6 is 0 Å². The summed E-state index contributed by atoms with van der Waals surface area (Å²) in [5.74, 6) is -0.141. The molecule has 4 heteroatoms. The standard InChI is InChI=1S/C19H28N2O2/c1-15(17-10-6-3-7-11-17)14-21-19(23)18(22)20-13-12-16-8-4-2-5-9-16/h3,6-7,10-11,15-16H,2,4-5,8-9,12-14H2,1H3,(H,20,22)(H,21,23)/t15-/m0/s1. The van der Waals surface area contributed by atoms with Gasteiger partial charge in [0.15, 0.2) is 0 Å². The molecule has 2 rings (SSSR count). The van der Waals surface area contributed by atoms with Gasteiger partial charge in [-0.15, -0.1) is 0 Å². The van der Waals surface area contributed by atoms with E-state index in [4.69, 9.17) is 0 Å². The lowest BCUT2D eigenvalue weighted by Gasteiger charge is -2.21. The third kappa shape index (κ3) is 6.05. The van der Waals surface area contributed by atoms with E-state index < -0.39 is 11.8 Å². The van der Waals surface area contributed by atoms with E-state index in [0.717, 1.165) is 12.0 Å². The summed E-state index contributed by atoms with van der Waals surface area (Å²) in [5, 5.41) is 5.46. The molecule has 0 aliphatic heterocycles. The Morgan fingerprint density at radius 1 is 1.04 bits per heavy atom. The first-order chi connectivity index (χ1) is 11.2. The molecular weight excluding hydrogens is 288 g/mol. The average Bonchev–Trinajstić information content (AvgIpc) is 2.61. The quantitative estimate of drug-likeness (QED) is 0.793. The zero-order valence-electron chi connectivity index (χ0n) is 14.0. The van der Waals surface area contributed by atoms with Crippen molar-refractivity contribution in [2.45, 2.75) is 51.4 Å². The summed E-state index contributed by atoms with van der Waals surface area (Å²) in [5.41, 5.74) is 1.16. The maximum absolute atomic E-state index is 11.8. The highest BCUT2D eigenvalue weighted by Gasteiger charge is 2.16. The molecule has 23 heavy (non-hydrogen) atoms. The molecule has 2 N–H and O–H groups in total. The normalized spacial score (nSPS) is 16.6. The van der Waals surface area contributed by atoms with Crippen LogP contribution in [0.15, 0.2) is 30.3 Å². The first-order valence-corrected chi connectivity index (χ1v) is 8.78. The summed E-state index contributed by atoms with van der Waals surface area (Å²) in [7, 11) is 0. The lowest BCUT2D eigenvalue weighted by atomic mass is 9.87. The maximum atomic E-state index is 11.8. The fourth-order valence-electron chi connectivity index (χ4n) is 3.17. The Balaban J connectivity index is 1.63. The molecule has 126 valence electrons. The molecule has 1 aliphatic carbocycles. The van der Waals surface area contributed by atoms with E-state index in [1.807, 2.05) is 37.3 Å². The monoisotopic (exact) mass is 316 g/mol. The number of amides is 2. The number of nitrogens with one attached hydrogen (secondary N) is 2. The van der Waals surface area contributed by atoms with E-state index in [2.05, 4.69) is 10.6 Å². The Bertz CT molecular complexity index is 495. The van der Waals surface area contributed by atoms with Gasteiger partial charge in [-0.1, -0.05) is 69.4 Å². The highest BCUT2D eigenvalue weighted by molar-refractivity contribution is 6.35. The molecule has 0 aromatic heterocycles. The average molecular weight is 316 g/mol. The van der Waals surface area contributed by atoms with E-state index >= 15 is 0 Å². The first kappa shape index (κ1) is 17.5. The summed E-state index contributed by atoms with van der Waals surface area (Å²) in [6.07, 6.45) is 7.45. The lowest BCUT2D eigenvalue weighted by molar-refractivity contribution is -0.139. The van der Waals surface area contributed by atoms with Crippen molar-refractivity contribution in [3.8, 4) is 0 Å². The minimum absolute atomic E-state index is 0.190. The van der Waals surface area contributed by atoms with Crippen LogP contribution in [-0.2, 0) is 9.59 Å². The van der Waals surface area contributed by atoms with Crippen molar-refractivity contribution in [1.29, 1.82) is 0 Å². The Labute approximate surface area is 139 Å². The second kappa shape index (κ2) is 9.33. The SMILES string of the molecule is C[C@@H](CNC(=O)C(=O)NCCC1CCCCC1)c1ccccc1. The molecule has 0 radical (unpaired) electrons. The summed E-state index contributed by atoms with van der Waals surface area (Å²) in [6.45, 7) is 3.11.